The monoisotopic (exact) mass is 225 g/mol. The molecule has 4 heteroatoms. The lowest BCUT2D eigenvalue weighted by Gasteiger charge is -2.11. The first-order valence-electron chi connectivity index (χ1n) is 5.03. The molecule has 0 atom stereocenters. The van der Waals surface area contributed by atoms with Crippen LogP contribution >= 0.6 is 11.6 Å². The van der Waals surface area contributed by atoms with Crippen LogP contribution in [0.2, 0.25) is 5.02 Å². The molecule has 2 aliphatic rings. The summed E-state index contributed by atoms with van der Waals surface area (Å²) in [5.74, 6) is 1.55. The van der Waals surface area contributed by atoms with E-state index in [9.17, 15) is 0 Å². The van der Waals surface area contributed by atoms with Gasteiger partial charge in [0.05, 0.1) is 0 Å². The SMILES string of the molecule is NC1(Cc2cc(Cl)cc3c2OCO3)CC1. The Labute approximate surface area is 93.1 Å². The number of nitrogens with two attached hydrogens (primary N) is 1. The molecule has 1 heterocycles. The normalized spacial score (nSPS) is 20.4. The number of hydrogen-bond donors (Lipinski definition) is 1. The lowest BCUT2D eigenvalue weighted by molar-refractivity contribution is 0.173. The lowest BCUT2D eigenvalue weighted by Crippen LogP contribution is -2.24. The molecule has 1 aromatic carbocycles. The maximum absolute atomic E-state index is 6.08. The zero-order valence-electron chi connectivity index (χ0n) is 8.25. The van der Waals surface area contributed by atoms with Crippen LogP contribution in [0.15, 0.2) is 12.1 Å². The molecule has 0 saturated heterocycles. The summed E-state index contributed by atoms with van der Waals surface area (Å²) in [5, 5.41) is 0.679. The van der Waals surface area contributed by atoms with Gasteiger partial charge >= 0.3 is 0 Å². The molecule has 0 radical (unpaired) electrons. The number of ether oxygens (including phenoxy) is 2. The van der Waals surface area contributed by atoms with Gasteiger partial charge in [-0.1, -0.05) is 11.6 Å². The molecule has 2 N–H and O–H groups in total. The topological polar surface area (TPSA) is 44.5 Å². The van der Waals surface area contributed by atoms with E-state index in [0.29, 0.717) is 5.02 Å². The third kappa shape index (κ3) is 1.66. The largest absolute Gasteiger partial charge is 0.454 e. The van der Waals surface area contributed by atoms with Crippen molar-refractivity contribution >= 4 is 11.6 Å². The fourth-order valence-electron chi connectivity index (χ4n) is 1.89. The van der Waals surface area contributed by atoms with Gasteiger partial charge in [-0.25, -0.2) is 0 Å². The van der Waals surface area contributed by atoms with Crippen molar-refractivity contribution in [1.82, 2.24) is 0 Å². The summed E-state index contributed by atoms with van der Waals surface area (Å²) in [6, 6.07) is 3.70. The van der Waals surface area contributed by atoms with Crippen molar-refractivity contribution < 1.29 is 9.47 Å². The Hall–Kier alpha value is -0.930. The number of benzene rings is 1. The van der Waals surface area contributed by atoms with E-state index >= 15 is 0 Å². The van der Waals surface area contributed by atoms with Crippen molar-refractivity contribution in [3.8, 4) is 11.5 Å². The molecule has 15 heavy (non-hydrogen) atoms. The van der Waals surface area contributed by atoms with Gasteiger partial charge in [-0.15, -0.1) is 0 Å². The molecule has 1 aliphatic carbocycles. The van der Waals surface area contributed by atoms with Crippen LogP contribution in [0.25, 0.3) is 0 Å². The minimum Gasteiger partial charge on any atom is -0.454 e. The van der Waals surface area contributed by atoms with Gasteiger partial charge < -0.3 is 15.2 Å². The number of rotatable bonds is 2. The van der Waals surface area contributed by atoms with E-state index in [1.54, 1.807) is 6.07 Å². The molecule has 1 aromatic rings. The number of fused-ring (bicyclic) bond motifs is 1. The molecular weight excluding hydrogens is 214 g/mol. The summed E-state index contributed by atoms with van der Waals surface area (Å²) in [6.07, 6.45) is 2.98. The molecular formula is C11H12ClNO2. The van der Waals surface area contributed by atoms with Crippen LogP contribution in [-0.2, 0) is 6.42 Å². The van der Waals surface area contributed by atoms with Gasteiger partial charge in [0.1, 0.15) is 0 Å². The Bertz CT molecular complexity index is 415. The van der Waals surface area contributed by atoms with Crippen LogP contribution in [0.4, 0.5) is 0 Å². The smallest absolute Gasteiger partial charge is 0.231 e. The van der Waals surface area contributed by atoms with Gasteiger partial charge in [-0.3, -0.25) is 0 Å². The highest BCUT2D eigenvalue weighted by Crippen LogP contribution is 2.43. The molecule has 0 bridgehead atoms. The fourth-order valence-corrected chi connectivity index (χ4v) is 2.12. The quantitative estimate of drug-likeness (QED) is 0.839. The van der Waals surface area contributed by atoms with Gasteiger partial charge in [0, 0.05) is 22.2 Å². The standard InChI is InChI=1S/C11H12ClNO2/c12-8-3-7(5-11(13)1-2-11)10-9(4-8)14-6-15-10/h3-4H,1-2,5-6,13H2. The Morgan fingerprint density at radius 2 is 2.13 bits per heavy atom. The van der Waals surface area contributed by atoms with Crippen LogP contribution in [-0.4, -0.2) is 12.3 Å². The van der Waals surface area contributed by atoms with E-state index in [4.69, 9.17) is 26.8 Å². The molecule has 0 unspecified atom stereocenters. The second-order valence-corrected chi connectivity index (χ2v) is 4.77. The zero-order valence-corrected chi connectivity index (χ0v) is 9.01. The molecule has 80 valence electrons. The van der Waals surface area contributed by atoms with Crippen molar-refractivity contribution in [3.63, 3.8) is 0 Å². The minimum absolute atomic E-state index is 0.0373. The van der Waals surface area contributed by atoms with Gasteiger partial charge in [0.25, 0.3) is 0 Å². The Kier molecular flexibility index (Phi) is 1.88. The second kappa shape index (κ2) is 3.03. The molecule has 1 fully saturated rings. The van der Waals surface area contributed by atoms with Crippen molar-refractivity contribution in [2.75, 3.05) is 6.79 Å². The highest BCUT2D eigenvalue weighted by atomic mass is 35.5. The highest BCUT2D eigenvalue weighted by Gasteiger charge is 2.39. The van der Waals surface area contributed by atoms with E-state index in [2.05, 4.69) is 0 Å². The molecule has 0 spiro atoms. The summed E-state index contributed by atoms with van der Waals surface area (Å²) >= 11 is 6.00. The second-order valence-electron chi connectivity index (χ2n) is 4.34. The van der Waals surface area contributed by atoms with E-state index in [1.807, 2.05) is 6.07 Å². The average Bonchev–Trinajstić information content (AvgIpc) is 2.73. The summed E-state index contributed by atoms with van der Waals surface area (Å²) in [5.41, 5.74) is 7.11. The first-order chi connectivity index (χ1) is 7.16. The lowest BCUT2D eigenvalue weighted by atomic mass is 10.0. The van der Waals surface area contributed by atoms with Crippen LogP contribution < -0.4 is 15.2 Å². The molecule has 3 nitrogen and oxygen atoms in total. The predicted octanol–water partition coefficient (Wildman–Crippen LogP) is 2.10. The van der Waals surface area contributed by atoms with Crippen LogP contribution in [0.1, 0.15) is 18.4 Å². The van der Waals surface area contributed by atoms with Crippen LogP contribution in [0.3, 0.4) is 0 Å². The first-order valence-corrected chi connectivity index (χ1v) is 5.41. The average molecular weight is 226 g/mol. The van der Waals surface area contributed by atoms with Crippen molar-refractivity contribution in [2.45, 2.75) is 24.8 Å². The number of hydrogen-bond acceptors (Lipinski definition) is 3. The Balaban J connectivity index is 1.99. The van der Waals surface area contributed by atoms with E-state index < -0.39 is 0 Å². The fraction of sp³-hybridized carbons (Fsp3) is 0.455. The maximum Gasteiger partial charge on any atom is 0.231 e. The Morgan fingerprint density at radius 3 is 2.87 bits per heavy atom. The third-order valence-corrected chi connectivity index (χ3v) is 3.17. The number of halogens is 1. The van der Waals surface area contributed by atoms with Gasteiger partial charge in [0.15, 0.2) is 11.5 Å². The molecule has 0 amide bonds. The highest BCUT2D eigenvalue weighted by molar-refractivity contribution is 6.30. The summed E-state index contributed by atoms with van der Waals surface area (Å²) in [4.78, 5) is 0. The minimum atomic E-state index is -0.0373. The molecule has 1 saturated carbocycles. The maximum atomic E-state index is 6.08. The summed E-state index contributed by atoms with van der Waals surface area (Å²) in [6.45, 7) is 0.278. The predicted molar refractivity (Wildman–Crippen MR) is 57.4 cm³/mol. The molecule has 1 aliphatic heterocycles. The Morgan fingerprint density at radius 1 is 1.33 bits per heavy atom. The van der Waals surface area contributed by atoms with E-state index in [1.165, 1.54) is 0 Å². The van der Waals surface area contributed by atoms with Gasteiger partial charge in [-0.2, -0.15) is 0 Å². The molecule has 3 rings (SSSR count). The van der Waals surface area contributed by atoms with Crippen molar-refractivity contribution in [3.05, 3.63) is 22.7 Å². The van der Waals surface area contributed by atoms with Crippen molar-refractivity contribution in [2.24, 2.45) is 5.73 Å². The van der Waals surface area contributed by atoms with Crippen LogP contribution in [0, 0.1) is 0 Å². The zero-order chi connectivity index (χ0) is 10.5. The van der Waals surface area contributed by atoms with Crippen LogP contribution in [0.5, 0.6) is 11.5 Å². The summed E-state index contributed by atoms with van der Waals surface area (Å²) < 4.78 is 10.7. The van der Waals surface area contributed by atoms with E-state index in [0.717, 1.165) is 36.3 Å². The molecule has 0 aromatic heterocycles. The first kappa shape index (κ1) is 9.31. The van der Waals surface area contributed by atoms with E-state index in [-0.39, 0.29) is 12.3 Å². The van der Waals surface area contributed by atoms with Gasteiger partial charge in [0.2, 0.25) is 6.79 Å². The summed E-state index contributed by atoms with van der Waals surface area (Å²) in [7, 11) is 0. The third-order valence-electron chi connectivity index (χ3n) is 2.95. The van der Waals surface area contributed by atoms with Gasteiger partial charge in [-0.05, 0) is 25.3 Å². The van der Waals surface area contributed by atoms with Crippen molar-refractivity contribution in [1.29, 1.82) is 0 Å².